The van der Waals surface area contributed by atoms with E-state index in [0.29, 0.717) is 13.1 Å². The zero-order valence-corrected chi connectivity index (χ0v) is 19.0. The number of aromatic nitrogens is 2. The average molecular weight is 452 g/mol. The van der Waals surface area contributed by atoms with Crippen LogP contribution >= 0.6 is 0 Å². The van der Waals surface area contributed by atoms with Crippen molar-refractivity contribution in [2.75, 3.05) is 12.3 Å². The Morgan fingerprint density at radius 2 is 1.78 bits per heavy atom. The van der Waals surface area contributed by atoms with E-state index in [9.17, 15) is 13.5 Å². The molecule has 7 heteroatoms. The summed E-state index contributed by atoms with van der Waals surface area (Å²) in [4.78, 5) is 9.15. The number of phenols is 1. The molecule has 1 aliphatic rings. The lowest BCUT2D eigenvalue weighted by Gasteiger charge is -2.20. The molecular formula is C25H29N3O3S. The fourth-order valence-electron chi connectivity index (χ4n) is 4.02. The molecule has 1 aliphatic heterocycles. The first-order chi connectivity index (χ1) is 15.5. The Bertz CT molecular complexity index is 1150. The van der Waals surface area contributed by atoms with Gasteiger partial charge in [0.1, 0.15) is 11.6 Å². The van der Waals surface area contributed by atoms with Gasteiger partial charge >= 0.3 is 0 Å². The summed E-state index contributed by atoms with van der Waals surface area (Å²) in [6, 6.07) is 17.1. The molecule has 1 saturated heterocycles. The molecule has 2 heterocycles. The second-order valence-corrected chi connectivity index (χ2v) is 10.4. The summed E-state index contributed by atoms with van der Waals surface area (Å²) >= 11 is 0. The van der Waals surface area contributed by atoms with E-state index < -0.39 is 10.0 Å². The van der Waals surface area contributed by atoms with Gasteiger partial charge in [-0.25, -0.2) is 18.4 Å². The summed E-state index contributed by atoms with van der Waals surface area (Å²) in [5.74, 6) is 1.31. The van der Waals surface area contributed by atoms with E-state index in [0.717, 1.165) is 61.2 Å². The number of benzene rings is 2. The van der Waals surface area contributed by atoms with E-state index in [2.05, 4.69) is 4.98 Å². The number of aromatic hydroxyl groups is 1. The molecule has 2 aromatic carbocycles. The molecule has 168 valence electrons. The Morgan fingerprint density at radius 3 is 2.62 bits per heavy atom. The van der Waals surface area contributed by atoms with Crippen LogP contribution < -0.4 is 0 Å². The van der Waals surface area contributed by atoms with Crippen LogP contribution in [0.3, 0.4) is 0 Å². The number of sulfonamides is 1. The maximum Gasteiger partial charge on any atom is 0.214 e. The number of hydrogen-bond acceptors (Lipinski definition) is 5. The fourth-order valence-corrected chi connectivity index (χ4v) is 5.60. The predicted molar refractivity (Wildman–Crippen MR) is 126 cm³/mol. The van der Waals surface area contributed by atoms with Gasteiger partial charge < -0.3 is 5.11 Å². The van der Waals surface area contributed by atoms with Crippen molar-refractivity contribution in [1.29, 1.82) is 0 Å². The normalized spacial score (nSPS) is 16.5. The summed E-state index contributed by atoms with van der Waals surface area (Å²) in [6.45, 7) is 0.992. The second-order valence-electron chi connectivity index (χ2n) is 8.29. The first-order valence-corrected chi connectivity index (χ1v) is 12.8. The standard InChI is InChI=1S/C25H29N3O3S/c29-23-12-10-20(11-13-23)6-5-9-25-26-15-14-24(27-25)22-8-4-7-21(18-22)19-28-16-2-1-3-17-32(28,30)31/h4,7-8,10-15,18,29H,1-3,5-6,9,16-17,19H2. The molecule has 0 spiro atoms. The summed E-state index contributed by atoms with van der Waals surface area (Å²) in [5.41, 5.74) is 3.97. The Hall–Kier alpha value is -2.77. The molecule has 1 N–H and O–H groups in total. The monoisotopic (exact) mass is 451 g/mol. The Kier molecular flexibility index (Phi) is 7.17. The lowest BCUT2D eigenvalue weighted by atomic mass is 10.1. The van der Waals surface area contributed by atoms with Crippen molar-refractivity contribution < 1.29 is 13.5 Å². The Labute approximate surface area is 190 Å². The van der Waals surface area contributed by atoms with E-state index in [-0.39, 0.29) is 11.5 Å². The zero-order valence-electron chi connectivity index (χ0n) is 18.2. The highest BCUT2D eigenvalue weighted by molar-refractivity contribution is 7.89. The molecule has 0 bridgehead atoms. The third kappa shape index (κ3) is 5.93. The lowest BCUT2D eigenvalue weighted by Crippen LogP contribution is -2.31. The lowest BCUT2D eigenvalue weighted by molar-refractivity contribution is 0.408. The SMILES string of the molecule is O=S1(=O)CCCCCN1Cc1cccc(-c2ccnc(CCCc3ccc(O)cc3)n2)c1. The van der Waals surface area contributed by atoms with Gasteiger partial charge in [0.05, 0.1) is 11.4 Å². The first-order valence-electron chi connectivity index (χ1n) is 11.2. The van der Waals surface area contributed by atoms with E-state index in [4.69, 9.17) is 4.98 Å². The van der Waals surface area contributed by atoms with Gasteiger partial charge in [-0.05, 0) is 61.1 Å². The van der Waals surface area contributed by atoms with Gasteiger partial charge in [-0.2, -0.15) is 4.31 Å². The third-order valence-corrected chi connectivity index (χ3v) is 7.70. The van der Waals surface area contributed by atoms with Gasteiger partial charge in [-0.3, -0.25) is 0 Å². The largest absolute Gasteiger partial charge is 0.508 e. The molecule has 3 aromatic rings. The molecule has 0 atom stereocenters. The van der Waals surface area contributed by atoms with E-state index >= 15 is 0 Å². The highest BCUT2D eigenvalue weighted by Gasteiger charge is 2.24. The molecule has 0 amide bonds. The van der Waals surface area contributed by atoms with Crippen LogP contribution in [0.4, 0.5) is 0 Å². The van der Waals surface area contributed by atoms with Crippen LogP contribution in [-0.4, -0.2) is 40.1 Å². The molecule has 32 heavy (non-hydrogen) atoms. The molecule has 4 rings (SSSR count). The van der Waals surface area contributed by atoms with Gasteiger partial charge in [0.2, 0.25) is 10.0 Å². The van der Waals surface area contributed by atoms with Crippen molar-refractivity contribution in [2.24, 2.45) is 0 Å². The fraction of sp³-hybridized carbons (Fsp3) is 0.360. The van der Waals surface area contributed by atoms with Crippen molar-refractivity contribution in [3.8, 4) is 17.0 Å². The van der Waals surface area contributed by atoms with Crippen LogP contribution in [-0.2, 0) is 29.4 Å². The van der Waals surface area contributed by atoms with Gasteiger partial charge in [0.25, 0.3) is 0 Å². The smallest absolute Gasteiger partial charge is 0.214 e. The van der Waals surface area contributed by atoms with Gasteiger partial charge in [0.15, 0.2) is 0 Å². The minimum absolute atomic E-state index is 0.242. The van der Waals surface area contributed by atoms with Crippen molar-refractivity contribution in [2.45, 2.75) is 45.1 Å². The van der Waals surface area contributed by atoms with Crippen molar-refractivity contribution >= 4 is 10.0 Å². The maximum absolute atomic E-state index is 12.5. The Morgan fingerprint density at radius 1 is 0.938 bits per heavy atom. The number of nitrogens with zero attached hydrogens (tertiary/aromatic N) is 3. The van der Waals surface area contributed by atoms with E-state index in [1.165, 1.54) is 5.56 Å². The van der Waals surface area contributed by atoms with Crippen LogP contribution in [0.25, 0.3) is 11.3 Å². The molecule has 0 unspecified atom stereocenters. The van der Waals surface area contributed by atoms with Crippen LogP contribution in [0.2, 0.25) is 0 Å². The van der Waals surface area contributed by atoms with Crippen LogP contribution in [0.15, 0.2) is 60.8 Å². The highest BCUT2D eigenvalue weighted by atomic mass is 32.2. The van der Waals surface area contributed by atoms with Crippen LogP contribution in [0.1, 0.15) is 42.6 Å². The van der Waals surface area contributed by atoms with Crippen LogP contribution in [0.5, 0.6) is 5.75 Å². The van der Waals surface area contributed by atoms with Gasteiger partial charge in [0, 0.05) is 31.3 Å². The highest BCUT2D eigenvalue weighted by Crippen LogP contribution is 2.22. The zero-order chi connectivity index (χ0) is 22.4. The number of rotatable bonds is 7. The average Bonchev–Trinajstić information content (AvgIpc) is 2.96. The quantitative estimate of drug-likeness (QED) is 0.578. The third-order valence-electron chi connectivity index (χ3n) is 5.79. The van der Waals surface area contributed by atoms with Crippen molar-refractivity contribution in [3.05, 3.63) is 77.7 Å². The summed E-state index contributed by atoms with van der Waals surface area (Å²) in [6.07, 6.45) is 6.99. The predicted octanol–water partition coefficient (Wildman–Crippen LogP) is 4.34. The number of phenolic OH excluding ortho intramolecular Hbond substituents is 1. The van der Waals surface area contributed by atoms with E-state index in [1.54, 1.807) is 22.6 Å². The summed E-state index contributed by atoms with van der Waals surface area (Å²) < 4.78 is 26.7. The van der Waals surface area contributed by atoms with Crippen molar-refractivity contribution in [3.63, 3.8) is 0 Å². The molecule has 0 radical (unpaired) electrons. The minimum atomic E-state index is -3.18. The molecule has 0 aliphatic carbocycles. The van der Waals surface area contributed by atoms with Crippen molar-refractivity contribution in [1.82, 2.24) is 14.3 Å². The maximum atomic E-state index is 12.5. The molecular weight excluding hydrogens is 422 g/mol. The Balaban J connectivity index is 1.43. The summed E-state index contributed by atoms with van der Waals surface area (Å²) in [5, 5.41) is 9.40. The topological polar surface area (TPSA) is 83.4 Å². The molecule has 0 saturated carbocycles. The number of hydrogen-bond donors (Lipinski definition) is 1. The molecule has 1 fully saturated rings. The molecule has 6 nitrogen and oxygen atoms in total. The molecule has 1 aromatic heterocycles. The first kappa shape index (κ1) is 22.4. The minimum Gasteiger partial charge on any atom is -0.508 e. The van der Waals surface area contributed by atoms with E-state index in [1.807, 2.05) is 42.5 Å². The second kappa shape index (κ2) is 10.2. The van der Waals surface area contributed by atoms with Crippen LogP contribution in [0, 0.1) is 0 Å². The number of aryl methyl sites for hydroxylation is 2. The van der Waals surface area contributed by atoms with Gasteiger partial charge in [-0.1, -0.05) is 36.8 Å². The van der Waals surface area contributed by atoms with Gasteiger partial charge in [-0.15, -0.1) is 0 Å². The summed E-state index contributed by atoms with van der Waals surface area (Å²) in [7, 11) is -3.18.